The van der Waals surface area contributed by atoms with Gasteiger partial charge in [-0.25, -0.2) is 17.7 Å². The van der Waals surface area contributed by atoms with Gasteiger partial charge in [-0.3, -0.25) is 4.79 Å². The van der Waals surface area contributed by atoms with Crippen LogP contribution < -0.4 is 10.2 Å². The van der Waals surface area contributed by atoms with Gasteiger partial charge >= 0.3 is 0 Å². The lowest BCUT2D eigenvalue weighted by molar-refractivity contribution is 0.0851. The van der Waals surface area contributed by atoms with Crippen LogP contribution in [0.25, 0.3) is 5.52 Å². The number of hydrogen-bond acceptors (Lipinski definition) is 4. The summed E-state index contributed by atoms with van der Waals surface area (Å²) in [6.07, 6.45) is 6.43. The first-order valence-electron chi connectivity index (χ1n) is 11.3. The number of anilines is 1. The first-order valence-corrected chi connectivity index (χ1v) is 11.3. The smallest absolute Gasteiger partial charge is 0.255 e. The molecule has 1 aliphatic carbocycles. The van der Waals surface area contributed by atoms with Crippen LogP contribution >= 0.6 is 0 Å². The van der Waals surface area contributed by atoms with Crippen molar-refractivity contribution in [3.63, 3.8) is 0 Å². The third kappa shape index (κ3) is 4.06. The molecule has 2 aromatic heterocycles. The maximum Gasteiger partial charge on any atom is 0.255 e. The molecule has 0 bridgehead atoms. The lowest BCUT2D eigenvalue weighted by atomic mass is 9.93. The highest BCUT2D eigenvalue weighted by molar-refractivity contribution is 6.01. The molecule has 33 heavy (non-hydrogen) atoms. The highest BCUT2D eigenvalue weighted by atomic mass is 19.1. The summed E-state index contributed by atoms with van der Waals surface area (Å²) in [7, 11) is 0. The highest BCUT2D eigenvalue weighted by Crippen LogP contribution is 2.39. The van der Waals surface area contributed by atoms with Crippen molar-refractivity contribution in [3.8, 4) is 0 Å². The van der Waals surface area contributed by atoms with Gasteiger partial charge in [-0.2, -0.15) is 5.10 Å². The predicted octanol–water partition coefficient (Wildman–Crippen LogP) is 4.13. The number of nitrogens with one attached hydrogen (secondary N) is 1. The fourth-order valence-electron chi connectivity index (χ4n) is 5.12. The van der Waals surface area contributed by atoms with Crippen molar-refractivity contribution >= 4 is 17.1 Å². The zero-order valence-corrected chi connectivity index (χ0v) is 18.0. The van der Waals surface area contributed by atoms with E-state index in [4.69, 9.17) is 0 Å². The standard InChI is InChI=1S/C24H25F3N4O2/c25-14-6-7-19(26)17(11-14)20-5-2-9-30(20)21-8-10-31-23(22(21)27)18(13-28-31)24(33)29-15-3-1-4-16(32)12-15/h6-8,10-11,13,15-16,20,32H,1-5,9,12H2,(H,29,33). The number of aromatic nitrogens is 2. The number of nitrogens with zero attached hydrogens (tertiary/aromatic N) is 3. The molecule has 3 atom stereocenters. The maximum atomic E-state index is 15.8. The van der Waals surface area contributed by atoms with Gasteiger partial charge < -0.3 is 15.3 Å². The number of carbonyl (C=O) groups is 1. The van der Waals surface area contributed by atoms with Crippen LogP contribution in [0.5, 0.6) is 0 Å². The second-order valence-corrected chi connectivity index (χ2v) is 8.87. The molecule has 1 amide bonds. The van der Waals surface area contributed by atoms with E-state index in [1.165, 1.54) is 10.7 Å². The van der Waals surface area contributed by atoms with E-state index in [1.54, 1.807) is 17.2 Å². The molecule has 9 heteroatoms. The van der Waals surface area contributed by atoms with Gasteiger partial charge in [0.15, 0.2) is 5.82 Å². The molecule has 1 saturated carbocycles. The second-order valence-electron chi connectivity index (χ2n) is 8.87. The number of hydrogen-bond donors (Lipinski definition) is 2. The Balaban J connectivity index is 1.48. The van der Waals surface area contributed by atoms with Gasteiger partial charge in [-0.1, -0.05) is 0 Å². The summed E-state index contributed by atoms with van der Waals surface area (Å²) in [5.74, 6) is -2.16. The molecule has 0 radical (unpaired) electrons. The molecule has 6 nitrogen and oxygen atoms in total. The minimum atomic E-state index is -0.632. The first kappa shape index (κ1) is 21.8. The molecule has 5 rings (SSSR count). The zero-order valence-electron chi connectivity index (χ0n) is 18.0. The number of aliphatic hydroxyl groups excluding tert-OH is 1. The summed E-state index contributed by atoms with van der Waals surface area (Å²) in [5.41, 5.74) is 0.541. The number of carbonyl (C=O) groups excluding carboxylic acids is 1. The average molecular weight is 458 g/mol. The molecule has 1 aliphatic heterocycles. The van der Waals surface area contributed by atoms with Gasteiger partial charge in [0.1, 0.15) is 17.2 Å². The number of rotatable bonds is 4. The molecule has 2 N–H and O–H groups in total. The Labute approximate surface area is 189 Å². The van der Waals surface area contributed by atoms with E-state index in [0.29, 0.717) is 32.2 Å². The van der Waals surface area contributed by atoms with Crippen LogP contribution in [-0.2, 0) is 0 Å². The van der Waals surface area contributed by atoms with Crippen LogP contribution in [0.4, 0.5) is 18.9 Å². The quantitative estimate of drug-likeness (QED) is 0.617. The summed E-state index contributed by atoms with van der Waals surface area (Å²) in [5, 5.41) is 16.9. The van der Waals surface area contributed by atoms with Gasteiger partial charge in [0.25, 0.3) is 5.91 Å². The minimum Gasteiger partial charge on any atom is -0.393 e. The van der Waals surface area contributed by atoms with Crippen molar-refractivity contribution in [2.45, 2.75) is 56.7 Å². The van der Waals surface area contributed by atoms with Crippen molar-refractivity contribution in [2.24, 2.45) is 0 Å². The predicted molar refractivity (Wildman–Crippen MR) is 117 cm³/mol. The molecule has 3 aromatic rings. The van der Waals surface area contributed by atoms with Gasteiger partial charge in [-0.05, 0) is 62.8 Å². The molecule has 1 aromatic carbocycles. The Kier molecular flexibility index (Phi) is 5.74. The van der Waals surface area contributed by atoms with E-state index in [9.17, 15) is 18.7 Å². The van der Waals surface area contributed by atoms with Crippen LogP contribution in [0.2, 0.25) is 0 Å². The zero-order chi connectivity index (χ0) is 23.1. The number of aliphatic hydroxyl groups is 1. The van der Waals surface area contributed by atoms with Crippen molar-refractivity contribution < 1.29 is 23.1 Å². The lowest BCUT2D eigenvalue weighted by Gasteiger charge is -2.28. The second kappa shape index (κ2) is 8.70. The maximum absolute atomic E-state index is 15.8. The number of amides is 1. The molecule has 3 heterocycles. The number of halogens is 3. The van der Waals surface area contributed by atoms with Crippen molar-refractivity contribution in [1.82, 2.24) is 14.9 Å². The van der Waals surface area contributed by atoms with Crippen molar-refractivity contribution in [3.05, 3.63) is 65.2 Å². The topological polar surface area (TPSA) is 69.9 Å². The summed E-state index contributed by atoms with van der Waals surface area (Å²) in [6.45, 7) is 0.476. The molecule has 0 spiro atoms. The summed E-state index contributed by atoms with van der Waals surface area (Å²) < 4.78 is 45.4. The molecule has 2 fully saturated rings. The molecule has 174 valence electrons. The summed E-state index contributed by atoms with van der Waals surface area (Å²) >= 11 is 0. The lowest BCUT2D eigenvalue weighted by Crippen LogP contribution is -2.39. The van der Waals surface area contributed by atoms with Gasteiger partial charge in [-0.15, -0.1) is 0 Å². The summed E-state index contributed by atoms with van der Waals surface area (Å²) in [4.78, 5) is 14.7. The Morgan fingerprint density at radius 2 is 1.97 bits per heavy atom. The monoisotopic (exact) mass is 458 g/mol. The van der Waals surface area contributed by atoms with Gasteiger partial charge in [0.2, 0.25) is 0 Å². The van der Waals surface area contributed by atoms with Crippen LogP contribution in [0.1, 0.15) is 60.5 Å². The fourth-order valence-corrected chi connectivity index (χ4v) is 5.12. The Morgan fingerprint density at radius 3 is 2.79 bits per heavy atom. The third-order valence-corrected chi connectivity index (χ3v) is 6.71. The Hall–Kier alpha value is -3.07. The van der Waals surface area contributed by atoms with E-state index in [-0.39, 0.29) is 28.4 Å². The van der Waals surface area contributed by atoms with Crippen LogP contribution in [0.15, 0.2) is 36.7 Å². The summed E-state index contributed by atoms with van der Waals surface area (Å²) in [6, 6.07) is 4.16. The van der Waals surface area contributed by atoms with E-state index < -0.39 is 35.5 Å². The molecule has 3 unspecified atom stereocenters. The third-order valence-electron chi connectivity index (χ3n) is 6.71. The first-order chi connectivity index (χ1) is 15.9. The molecular weight excluding hydrogens is 433 g/mol. The minimum absolute atomic E-state index is 0.0340. The highest BCUT2D eigenvalue weighted by Gasteiger charge is 2.32. The average Bonchev–Trinajstić information content (AvgIpc) is 3.43. The van der Waals surface area contributed by atoms with Crippen molar-refractivity contribution in [2.75, 3.05) is 11.4 Å². The molecular formula is C24H25F3N4O2. The van der Waals surface area contributed by atoms with Crippen LogP contribution in [-0.4, -0.2) is 39.3 Å². The number of pyridine rings is 1. The Morgan fingerprint density at radius 1 is 1.12 bits per heavy atom. The van der Waals surface area contributed by atoms with Crippen LogP contribution in [0, 0.1) is 17.5 Å². The van der Waals surface area contributed by atoms with E-state index in [1.807, 2.05) is 0 Å². The van der Waals surface area contributed by atoms with Gasteiger partial charge in [0, 0.05) is 24.3 Å². The number of fused-ring (bicyclic) bond motifs is 1. The van der Waals surface area contributed by atoms with E-state index in [2.05, 4.69) is 10.4 Å². The molecule has 1 saturated heterocycles. The normalized spacial score (nSPS) is 23.3. The largest absolute Gasteiger partial charge is 0.393 e. The van der Waals surface area contributed by atoms with E-state index >= 15 is 4.39 Å². The van der Waals surface area contributed by atoms with E-state index in [0.717, 1.165) is 31.0 Å². The SMILES string of the molecule is O=C(NC1CCCC(O)C1)c1cnn2ccc(N3CCCC3c3cc(F)ccc3F)c(F)c12. The van der Waals surface area contributed by atoms with Crippen LogP contribution in [0.3, 0.4) is 0 Å². The Bertz CT molecular complexity index is 1200. The van der Waals surface area contributed by atoms with Gasteiger partial charge in [0.05, 0.1) is 29.6 Å². The number of benzene rings is 1. The fraction of sp³-hybridized carbons (Fsp3) is 0.417. The molecule has 2 aliphatic rings. The van der Waals surface area contributed by atoms with Crippen molar-refractivity contribution in [1.29, 1.82) is 0 Å².